The Kier molecular flexibility index (Phi) is 5.42. The van der Waals surface area contributed by atoms with Gasteiger partial charge in [-0.1, -0.05) is 41.9 Å². The lowest BCUT2D eigenvalue weighted by Crippen LogP contribution is -2.14. The van der Waals surface area contributed by atoms with Crippen LogP contribution in [0.1, 0.15) is 13.8 Å². The number of halogens is 1. The highest BCUT2D eigenvalue weighted by Gasteiger charge is 2.26. The summed E-state index contributed by atoms with van der Waals surface area (Å²) in [4.78, 5) is 15.6. The monoisotopic (exact) mass is 491 g/mol. The molecule has 0 aliphatic carbocycles. The maximum Gasteiger partial charge on any atom is 0.198 e. The van der Waals surface area contributed by atoms with Crippen molar-refractivity contribution in [3.8, 4) is 33.9 Å². The van der Waals surface area contributed by atoms with Gasteiger partial charge in [-0.15, -0.1) is 0 Å². The zero-order chi connectivity index (χ0) is 24.0. The molecule has 2 heterocycles. The van der Waals surface area contributed by atoms with Crippen molar-refractivity contribution in [3.63, 3.8) is 0 Å². The van der Waals surface area contributed by atoms with Crippen LogP contribution in [-0.2, 0) is 9.84 Å². The number of aromatic amines is 2. The molecule has 3 aromatic carbocycles. The van der Waals surface area contributed by atoms with Gasteiger partial charge in [0.05, 0.1) is 27.0 Å². The van der Waals surface area contributed by atoms with Crippen LogP contribution in [0.3, 0.4) is 0 Å². The third kappa shape index (κ3) is 3.85. The molecule has 0 bridgehead atoms. The highest BCUT2D eigenvalue weighted by atomic mass is 35.5. The van der Waals surface area contributed by atoms with E-state index in [1.165, 1.54) is 0 Å². The van der Waals surface area contributed by atoms with Gasteiger partial charge in [0.1, 0.15) is 11.3 Å². The third-order valence-corrected chi connectivity index (χ3v) is 8.07. The molecule has 5 aromatic rings. The molecule has 4 N–H and O–H groups in total. The molecule has 0 saturated carbocycles. The second-order valence-electron chi connectivity index (χ2n) is 8.27. The molecular weight excluding hydrogens is 470 g/mol. The van der Waals surface area contributed by atoms with Crippen LogP contribution >= 0.6 is 11.6 Å². The van der Waals surface area contributed by atoms with E-state index in [4.69, 9.17) is 22.3 Å². The summed E-state index contributed by atoms with van der Waals surface area (Å²) >= 11 is 6.06. The molecular formula is C25H22ClN5O2S. The van der Waals surface area contributed by atoms with Crippen LogP contribution in [0.5, 0.6) is 0 Å². The van der Waals surface area contributed by atoms with Gasteiger partial charge in [-0.2, -0.15) is 0 Å². The maximum atomic E-state index is 13.2. The van der Waals surface area contributed by atoms with Crippen molar-refractivity contribution in [2.75, 3.05) is 5.73 Å². The van der Waals surface area contributed by atoms with E-state index < -0.39 is 15.1 Å². The van der Waals surface area contributed by atoms with Crippen molar-refractivity contribution in [2.24, 2.45) is 0 Å². The molecule has 0 aliphatic heterocycles. The molecule has 5 rings (SSSR count). The van der Waals surface area contributed by atoms with Crippen molar-refractivity contribution in [2.45, 2.75) is 24.0 Å². The number of nitrogens with two attached hydrogens (primary N) is 1. The Morgan fingerprint density at radius 1 is 0.882 bits per heavy atom. The number of rotatable bonds is 5. The van der Waals surface area contributed by atoms with E-state index in [2.05, 4.69) is 15.0 Å². The van der Waals surface area contributed by atoms with E-state index in [0.29, 0.717) is 33.1 Å². The van der Waals surface area contributed by atoms with Gasteiger partial charge in [0, 0.05) is 21.7 Å². The van der Waals surface area contributed by atoms with E-state index in [0.717, 1.165) is 16.8 Å². The smallest absolute Gasteiger partial charge is 0.198 e. The molecule has 0 unspecified atom stereocenters. The number of nitrogen functional groups attached to an aromatic ring is 1. The summed E-state index contributed by atoms with van der Waals surface area (Å²) in [6, 6.07) is 20.6. The Morgan fingerprint density at radius 3 is 2.26 bits per heavy atom. The zero-order valence-electron chi connectivity index (χ0n) is 18.5. The Balaban J connectivity index is 1.79. The van der Waals surface area contributed by atoms with Crippen LogP contribution in [0, 0.1) is 0 Å². The van der Waals surface area contributed by atoms with E-state index >= 15 is 0 Å². The van der Waals surface area contributed by atoms with Crippen LogP contribution in [0.15, 0.2) is 71.6 Å². The minimum absolute atomic E-state index is 0.123. The quantitative estimate of drug-likeness (QED) is 0.291. The van der Waals surface area contributed by atoms with Gasteiger partial charge in [-0.25, -0.2) is 18.4 Å². The fraction of sp³-hybridized carbons (Fsp3) is 0.120. The van der Waals surface area contributed by atoms with E-state index in [1.54, 1.807) is 32.0 Å². The zero-order valence-corrected chi connectivity index (χ0v) is 20.1. The van der Waals surface area contributed by atoms with Gasteiger partial charge in [-0.3, -0.25) is 0 Å². The van der Waals surface area contributed by atoms with Gasteiger partial charge in [-0.05, 0) is 50.2 Å². The number of hydrogen-bond acceptors (Lipinski definition) is 5. The minimum Gasteiger partial charge on any atom is -0.369 e. The second-order valence-corrected chi connectivity index (χ2v) is 11.2. The first-order valence-electron chi connectivity index (χ1n) is 10.7. The van der Waals surface area contributed by atoms with Crippen molar-refractivity contribution in [1.29, 1.82) is 0 Å². The van der Waals surface area contributed by atoms with Crippen molar-refractivity contribution in [3.05, 3.63) is 71.8 Å². The molecule has 2 aromatic heterocycles. The van der Waals surface area contributed by atoms with Crippen LogP contribution in [0.2, 0.25) is 5.02 Å². The molecule has 0 amide bonds. The number of fused-ring (bicyclic) bond motifs is 1. The molecule has 0 fully saturated rings. The lowest BCUT2D eigenvalue weighted by Gasteiger charge is -2.11. The number of anilines is 1. The van der Waals surface area contributed by atoms with Gasteiger partial charge in [0.25, 0.3) is 0 Å². The SMILES string of the molecule is CC(C)S(=O)(=O)c1cc(-c2nc(-c3ccc(Cl)cc3)[nH]c2-c2ccccc2)cc2[nH]c(N)nc12. The predicted molar refractivity (Wildman–Crippen MR) is 136 cm³/mol. The van der Waals surface area contributed by atoms with Crippen molar-refractivity contribution < 1.29 is 8.42 Å². The first-order chi connectivity index (χ1) is 16.2. The lowest BCUT2D eigenvalue weighted by molar-refractivity contribution is 0.588. The number of nitrogens with one attached hydrogen (secondary N) is 2. The number of nitrogens with zero attached hydrogens (tertiary/aromatic N) is 2. The van der Waals surface area contributed by atoms with Crippen LogP contribution in [-0.4, -0.2) is 33.6 Å². The van der Waals surface area contributed by atoms with Gasteiger partial charge in [0.15, 0.2) is 15.8 Å². The predicted octanol–water partition coefficient (Wildman–Crippen LogP) is 5.70. The van der Waals surface area contributed by atoms with Crippen LogP contribution < -0.4 is 5.73 Å². The largest absolute Gasteiger partial charge is 0.369 e. The summed E-state index contributed by atoms with van der Waals surface area (Å²) in [6.07, 6.45) is 0. The summed E-state index contributed by atoms with van der Waals surface area (Å²) in [5.74, 6) is 0.794. The Bertz CT molecular complexity index is 1600. The Morgan fingerprint density at radius 2 is 1.59 bits per heavy atom. The topological polar surface area (TPSA) is 118 Å². The number of hydrogen-bond donors (Lipinski definition) is 3. The van der Waals surface area contributed by atoms with E-state index in [-0.39, 0.29) is 10.8 Å². The normalized spacial score (nSPS) is 12.0. The average Bonchev–Trinajstić information content (AvgIpc) is 3.42. The fourth-order valence-electron chi connectivity index (χ4n) is 3.85. The molecule has 9 heteroatoms. The van der Waals surface area contributed by atoms with E-state index in [1.807, 2.05) is 48.5 Å². The van der Waals surface area contributed by atoms with E-state index in [9.17, 15) is 8.42 Å². The standard InChI is InChI=1S/C25H22ClN5O2S/c1-14(2)34(32,33)20-13-17(12-19-23(20)31-25(27)28-19)22-21(15-6-4-3-5-7-15)29-24(30-22)16-8-10-18(26)11-9-16/h3-14H,1-2H3,(H,29,30)(H3,27,28,31). The molecule has 0 saturated heterocycles. The van der Waals surface area contributed by atoms with Crippen molar-refractivity contribution >= 4 is 38.4 Å². The summed E-state index contributed by atoms with van der Waals surface area (Å²) in [6.45, 7) is 3.29. The van der Waals surface area contributed by atoms with Gasteiger partial charge < -0.3 is 15.7 Å². The number of H-pyrrole nitrogens is 2. The summed E-state index contributed by atoms with van der Waals surface area (Å²) in [5.41, 5.74) is 10.5. The van der Waals surface area contributed by atoms with Crippen LogP contribution in [0.4, 0.5) is 5.95 Å². The molecule has 0 spiro atoms. The van der Waals surface area contributed by atoms with Gasteiger partial charge in [0.2, 0.25) is 0 Å². The molecule has 0 aliphatic rings. The molecule has 0 atom stereocenters. The molecule has 172 valence electrons. The maximum absolute atomic E-state index is 13.2. The summed E-state index contributed by atoms with van der Waals surface area (Å²) in [7, 11) is -3.64. The first-order valence-corrected chi connectivity index (χ1v) is 12.6. The highest BCUT2D eigenvalue weighted by Crippen LogP contribution is 2.37. The highest BCUT2D eigenvalue weighted by molar-refractivity contribution is 7.92. The third-order valence-electron chi connectivity index (χ3n) is 5.65. The second kappa shape index (κ2) is 8.30. The number of sulfone groups is 1. The Labute approximate surface area is 202 Å². The van der Waals surface area contributed by atoms with Gasteiger partial charge >= 0.3 is 0 Å². The molecule has 0 radical (unpaired) electrons. The number of aromatic nitrogens is 4. The first kappa shape index (κ1) is 22.2. The number of benzene rings is 3. The molecule has 34 heavy (non-hydrogen) atoms. The molecule has 7 nitrogen and oxygen atoms in total. The van der Waals surface area contributed by atoms with Crippen molar-refractivity contribution in [1.82, 2.24) is 19.9 Å². The lowest BCUT2D eigenvalue weighted by atomic mass is 10.0. The Hall–Kier alpha value is -3.62. The average molecular weight is 492 g/mol. The van der Waals surface area contributed by atoms with Crippen LogP contribution in [0.25, 0.3) is 44.9 Å². The number of imidazole rings is 2. The minimum atomic E-state index is -3.64. The summed E-state index contributed by atoms with van der Waals surface area (Å²) < 4.78 is 26.4. The fourth-order valence-corrected chi connectivity index (χ4v) is 5.20. The summed E-state index contributed by atoms with van der Waals surface area (Å²) in [5, 5.41) is 0.00547.